The fraction of sp³-hybridized carbons (Fsp3) is 0.316. The van der Waals surface area contributed by atoms with Crippen molar-refractivity contribution in [1.29, 1.82) is 0 Å². The average molecular weight is 284 g/mol. The molecule has 1 N–H and O–H groups in total. The van der Waals surface area contributed by atoms with E-state index in [2.05, 4.69) is 37.3 Å². The van der Waals surface area contributed by atoms with E-state index >= 15 is 0 Å². The van der Waals surface area contributed by atoms with Crippen molar-refractivity contribution in [3.63, 3.8) is 0 Å². The molecule has 0 bridgehead atoms. The van der Waals surface area contributed by atoms with E-state index in [1.54, 1.807) is 12.1 Å². The number of phenols is 1. The van der Waals surface area contributed by atoms with Crippen LogP contribution >= 0.6 is 0 Å². The number of carbonyl (C=O) groups excluding carboxylic acids is 1. The van der Waals surface area contributed by atoms with E-state index in [-0.39, 0.29) is 11.5 Å². The summed E-state index contributed by atoms with van der Waals surface area (Å²) in [6.07, 6.45) is 3.88. The number of hydrogen-bond donors (Lipinski definition) is 1. The minimum Gasteiger partial charge on any atom is -0.508 e. The number of hydrogen-bond acceptors (Lipinski definition) is 2. The molecule has 0 fully saturated rings. The maximum atomic E-state index is 11.3. The van der Waals surface area contributed by atoms with E-state index in [9.17, 15) is 4.79 Å². The Morgan fingerprint density at radius 1 is 0.905 bits per heavy atom. The summed E-state index contributed by atoms with van der Waals surface area (Å²) < 4.78 is 0. The molecular weight excluding hydrogens is 260 g/mol. The smallest absolute Gasteiger partial charge is 0.162 e. The normalized spacial score (nSPS) is 9.62. The van der Waals surface area contributed by atoms with Gasteiger partial charge >= 0.3 is 0 Å². The van der Waals surface area contributed by atoms with Crippen LogP contribution in [0.1, 0.15) is 49.0 Å². The molecule has 0 spiro atoms. The molecule has 0 aromatic heterocycles. The van der Waals surface area contributed by atoms with Crippen LogP contribution in [-0.4, -0.2) is 10.9 Å². The van der Waals surface area contributed by atoms with Crippen LogP contribution in [-0.2, 0) is 6.42 Å². The monoisotopic (exact) mass is 284 g/mol. The lowest BCUT2D eigenvalue weighted by Crippen LogP contribution is -1.96. The van der Waals surface area contributed by atoms with Gasteiger partial charge in [-0.3, -0.25) is 4.79 Å². The van der Waals surface area contributed by atoms with Gasteiger partial charge in [-0.1, -0.05) is 50.6 Å². The zero-order chi connectivity index (χ0) is 15.5. The Bertz CT molecular complexity index is 515. The van der Waals surface area contributed by atoms with Crippen molar-refractivity contribution >= 4 is 5.78 Å². The van der Waals surface area contributed by atoms with Crippen LogP contribution in [0.4, 0.5) is 0 Å². The van der Waals surface area contributed by atoms with Crippen molar-refractivity contribution in [1.82, 2.24) is 0 Å². The Hall–Kier alpha value is -2.09. The maximum Gasteiger partial charge on any atom is 0.162 e. The van der Waals surface area contributed by atoms with Crippen LogP contribution in [0.5, 0.6) is 5.75 Å². The van der Waals surface area contributed by atoms with Gasteiger partial charge in [0.25, 0.3) is 0 Å². The highest BCUT2D eigenvalue weighted by molar-refractivity contribution is 5.96. The highest BCUT2D eigenvalue weighted by Crippen LogP contribution is 2.11. The van der Waals surface area contributed by atoms with Crippen LogP contribution < -0.4 is 0 Å². The first-order valence-corrected chi connectivity index (χ1v) is 7.53. The summed E-state index contributed by atoms with van der Waals surface area (Å²) in [6.45, 7) is 4.17. The highest BCUT2D eigenvalue weighted by atomic mass is 16.3. The quantitative estimate of drug-likeness (QED) is 0.783. The molecule has 0 heterocycles. The second-order valence-electron chi connectivity index (χ2n) is 4.96. The Balaban J connectivity index is 0.000000219. The van der Waals surface area contributed by atoms with E-state index in [4.69, 9.17) is 5.11 Å². The topological polar surface area (TPSA) is 37.3 Å². The van der Waals surface area contributed by atoms with Crippen molar-refractivity contribution in [2.24, 2.45) is 0 Å². The summed E-state index contributed by atoms with van der Waals surface area (Å²) in [5, 5.41) is 8.96. The van der Waals surface area contributed by atoms with Crippen LogP contribution in [0.25, 0.3) is 0 Å². The zero-order valence-corrected chi connectivity index (χ0v) is 12.9. The molecule has 0 saturated carbocycles. The van der Waals surface area contributed by atoms with Gasteiger partial charge in [0.1, 0.15) is 5.75 Å². The third kappa shape index (κ3) is 6.75. The summed E-state index contributed by atoms with van der Waals surface area (Å²) in [4.78, 5) is 11.3. The third-order valence-corrected chi connectivity index (χ3v) is 3.05. The minimum atomic E-state index is 0.137. The number of ketones is 1. The molecular formula is C19H24O2. The Morgan fingerprint density at radius 3 is 2.05 bits per heavy atom. The van der Waals surface area contributed by atoms with Gasteiger partial charge in [-0.05, 0) is 42.7 Å². The predicted octanol–water partition coefficient (Wildman–Crippen LogP) is 5.01. The molecule has 0 radical (unpaired) electrons. The fourth-order valence-corrected chi connectivity index (χ4v) is 1.95. The lowest BCUT2D eigenvalue weighted by molar-refractivity contribution is 0.0982. The highest BCUT2D eigenvalue weighted by Gasteiger charge is 2.02. The molecule has 0 saturated heterocycles. The Morgan fingerprint density at radius 2 is 1.52 bits per heavy atom. The molecule has 2 aromatic rings. The second-order valence-corrected chi connectivity index (χ2v) is 4.96. The summed E-state index contributed by atoms with van der Waals surface area (Å²) in [7, 11) is 0. The molecule has 21 heavy (non-hydrogen) atoms. The van der Waals surface area contributed by atoms with Gasteiger partial charge in [0.05, 0.1) is 0 Å². The van der Waals surface area contributed by atoms with E-state index in [0.29, 0.717) is 12.0 Å². The summed E-state index contributed by atoms with van der Waals surface area (Å²) >= 11 is 0. The van der Waals surface area contributed by atoms with Crippen molar-refractivity contribution in [3.8, 4) is 5.75 Å². The predicted molar refractivity (Wildman–Crippen MR) is 87.8 cm³/mol. The van der Waals surface area contributed by atoms with E-state index in [1.807, 2.05) is 6.92 Å². The molecule has 0 atom stereocenters. The Labute approximate surface area is 127 Å². The molecule has 2 heteroatoms. The molecule has 0 unspecified atom stereocenters. The SMILES string of the molecule is CCCC(=O)c1ccc(O)cc1.CCCc1ccccc1. The van der Waals surface area contributed by atoms with E-state index < -0.39 is 0 Å². The zero-order valence-electron chi connectivity index (χ0n) is 12.9. The van der Waals surface area contributed by atoms with Gasteiger partial charge in [0, 0.05) is 12.0 Å². The molecule has 2 nitrogen and oxygen atoms in total. The molecule has 2 aromatic carbocycles. The molecule has 0 aliphatic rings. The van der Waals surface area contributed by atoms with Gasteiger partial charge in [0.2, 0.25) is 0 Å². The first-order valence-electron chi connectivity index (χ1n) is 7.53. The van der Waals surface area contributed by atoms with Crippen LogP contribution in [0.2, 0.25) is 0 Å². The van der Waals surface area contributed by atoms with Crippen LogP contribution in [0.15, 0.2) is 54.6 Å². The Kier molecular flexibility index (Phi) is 7.88. The van der Waals surface area contributed by atoms with Crippen molar-refractivity contribution in [3.05, 3.63) is 65.7 Å². The molecule has 0 amide bonds. The molecule has 0 aliphatic carbocycles. The van der Waals surface area contributed by atoms with E-state index in [1.165, 1.54) is 30.5 Å². The third-order valence-electron chi connectivity index (χ3n) is 3.05. The first-order chi connectivity index (χ1) is 10.2. The summed E-state index contributed by atoms with van der Waals surface area (Å²) in [5.41, 5.74) is 2.12. The second kappa shape index (κ2) is 9.76. The van der Waals surface area contributed by atoms with Gasteiger partial charge in [-0.2, -0.15) is 0 Å². The average Bonchev–Trinajstić information content (AvgIpc) is 2.50. The summed E-state index contributed by atoms with van der Waals surface area (Å²) in [5.74, 6) is 0.334. The maximum absolute atomic E-state index is 11.3. The number of benzene rings is 2. The lowest BCUT2D eigenvalue weighted by atomic mass is 10.1. The number of phenolic OH excluding ortho intramolecular Hbond substituents is 1. The molecule has 0 aliphatic heterocycles. The van der Waals surface area contributed by atoms with Crippen molar-refractivity contribution in [2.45, 2.75) is 39.5 Å². The van der Waals surface area contributed by atoms with Crippen molar-refractivity contribution < 1.29 is 9.90 Å². The van der Waals surface area contributed by atoms with Gasteiger partial charge in [0.15, 0.2) is 5.78 Å². The fourth-order valence-electron chi connectivity index (χ4n) is 1.95. The number of carbonyl (C=O) groups is 1. The summed E-state index contributed by atoms with van der Waals surface area (Å²) in [6, 6.07) is 16.9. The molecule has 2 rings (SSSR count). The largest absolute Gasteiger partial charge is 0.508 e. The molecule has 112 valence electrons. The number of aromatic hydroxyl groups is 1. The van der Waals surface area contributed by atoms with Gasteiger partial charge in [-0.15, -0.1) is 0 Å². The van der Waals surface area contributed by atoms with Crippen LogP contribution in [0.3, 0.4) is 0 Å². The van der Waals surface area contributed by atoms with Gasteiger partial charge < -0.3 is 5.11 Å². The van der Waals surface area contributed by atoms with Crippen LogP contribution in [0, 0.1) is 0 Å². The lowest BCUT2D eigenvalue weighted by Gasteiger charge is -1.98. The first kappa shape index (κ1) is 17.0. The standard InChI is InChI=1S/C10H12O2.C9H12/c1-2-3-10(12)8-4-6-9(11)7-5-8;1-2-6-9-7-4-3-5-8-9/h4-7,11H,2-3H2,1H3;3-5,7-8H,2,6H2,1H3. The number of rotatable bonds is 5. The number of Topliss-reactive ketones (excluding diaryl/α,β-unsaturated/α-hetero) is 1. The van der Waals surface area contributed by atoms with E-state index in [0.717, 1.165) is 6.42 Å². The number of aryl methyl sites for hydroxylation is 1. The van der Waals surface area contributed by atoms with Crippen molar-refractivity contribution in [2.75, 3.05) is 0 Å². The minimum absolute atomic E-state index is 0.137. The van der Waals surface area contributed by atoms with Gasteiger partial charge in [-0.25, -0.2) is 0 Å².